The van der Waals surface area contributed by atoms with E-state index in [0.29, 0.717) is 0 Å². The summed E-state index contributed by atoms with van der Waals surface area (Å²) in [6.45, 7) is 1.95. The van der Waals surface area contributed by atoms with Gasteiger partial charge in [0.05, 0.1) is 11.4 Å². The van der Waals surface area contributed by atoms with E-state index in [4.69, 9.17) is 5.73 Å². The number of nitrogen functional groups attached to an aromatic ring is 1. The molecule has 2 aromatic carbocycles. The van der Waals surface area contributed by atoms with Crippen molar-refractivity contribution in [2.75, 3.05) is 11.2 Å². The number of hydrogen-bond donors (Lipinski definition) is 2. The first-order valence-electron chi connectivity index (χ1n) is 6.89. The summed E-state index contributed by atoms with van der Waals surface area (Å²) in [7, 11) is 0. The van der Waals surface area contributed by atoms with Crippen molar-refractivity contribution in [1.82, 2.24) is 4.98 Å². The molecule has 0 radical (unpaired) electrons. The van der Waals surface area contributed by atoms with Crippen LogP contribution in [0.2, 0.25) is 0 Å². The molecule has 0 aliphatic heterocycles. The molecule has 0 unspecified atom stereocenters. The minimum Gasteiger partial charge on any atom is -0.399 e. The van der Waals surface area contributed by atoms with Crippen LogP contribution in [0.5, 0.6) is 0 Å². The fourth-order valence-electron chi connectivity index (χ4n) is 1.99. The fraction of sp³-hybridized carbons (Fsp3) is 0.0588. The highest BCUT2D eigenvalue weighted by Crippen LogP contribution is 2.24. The van der Waals surface area contributed by atoms with Crippen LogP contribution in [0, 0.1) is 0 Å². The van der Waals surface area contributed by atoms with Crippen LogP contribution in [-0.2, 0) is 0 Å². The molecular formula is C17H16N4S. The molecule has 1 heterocycles. The summed E-state index contributed by atoms with van der Waals surface area (Å²) in [6.07, 6.45) is 0. The lowest BCUT2D eigenvalue weighted by Gasteiger charge is -2.01. The third-order valence-corrected chi connectivity index (χ3v) is 3.97. The topological polar surface area (TPSA) is 63.3 Å². The van der Waals surface area contributed by atoms with Crippen molar-refractivity contribution < 1.29 is 0 Å². The van der Waals surface area contributed by atoms with E-state index in [1.54, 1.807) is 0 Å². The van der Waals surface area contributed by atoms with Gasteiger partial charge in [-0.1, -0.05) is 42.5 Å². The Morgan fingerprint density at radius 3 is 2.55 bits per heavy atom. The van der Waals surface area contributed by atoms with Gasteiger partial charge in [-0.05, 0) is 24.6 Å². The standard InChI is InChI=1S/C17H16N4S/c1-12(13-7-9-15(18)10-8-13)20-21-17-19-16(11-22-17)14-5-3-2-4-6-14/h2-11H,18H2,1H3,(H,19,21)/b20-12-. The summed E-state index contributed by atoms with van der Waals surface area (Å²) in [4.78, 5) is 4.54. The molecule has 1 aromatic heterocycles. The van der Waals surface area contributed by atoms with Crippen molar-refractivity contribution in [2.45, 2.75) is 6.92 Å². The van der Waals surface area contributed by atoms with Gasteiger partial charge in [0.1, 0.15) is 0 Å². The van der Waals surface area contributed by atoms with Gasteiger partial charge < -0.3 is 5.73 Å². The molecule has 22 heavy (non-hydrogen) atoms. The van der Waals surface area contributed by atoms with Crippen molar-refractivity contribution in [3.05, 3.63) is 65.5 Å². The highest BCUT2D eigenvalue weighted by atomic mass is 32.1. The number of nitrogens with two attached hydrogens (primary N) is 1. The van der Waals surface area contributed by atoms with Crippen molar-refractivity contribution >= 4 is 27.9 Å². The average molecular weight is 308 g/mol. The number of rotatable bonds is 4. The van der Waals surface area contributed by atoms with Crippen LogP contribution in [0.4, 0.5) is 10.8 Å². The van der Waals surface area contributed by atoms with Crippen LogP contribution in [0.3, 0.4) is 0 Å². The zero-order chi connectivity index (χ0) is 15.4. The Bertz CT molecular complexity index is 776. The molecule has 0 saturated carbocycles. The molecule has 0 spiro atoms. The maximum atomic E-state index is 5.69. The minimum absolute atomic E-state index is 0.747. The molecule has 0 amide bonds. The number of nitrogens with one attached hydrogen (secondary N) is 1. The maximum Gasteiger partial charge on any atom is 0.203 e. The number of aromatic nitrogens is 1. The predicted molar refractivity (Wildman–Crippen MR) is 94.2 cm³/mol. The Morgan fingerprint density at radius 1 is 1.09 bits per heavy atom. The second-order valence-electron chi connectivity index (χ2n) is 4.83. The van der Waals surface area contributed by atoms with E-state index in [-0.39, 0.29) is 0 Å². The van der Waals surface area contributed by atoms with E-state index < -0.39 is 0 Å². The molecule has 0 fully saturated rings. The number of thiazole rings is 1. The van der Waals surface area contributed by atoms with Gasteiger partial charge >= 0.3 is 0 Å². The molecule has 0 aliphatic rings. The molecule has 4 nitrogen and oxygen atoms in total. The largest absolute Gasteiger partial charge is 0.399 e. The van der Waals surface area contributed by atoms with E-state index in [9.17, 15) is 0 Å². The van der Waals surface area contributed by atoms with Gasteiger partial charge in [-0.2, -0.15) is 5.10 Å². The molecule has 3 N–H and O–H groups in total. The quantitative estimate of drug-likeness (QED) is 0.431. The maximum absolute atomic E-state index is 5.69. The number of hydrazone groups is 1. The molecule has 3 rings (SSSR count). The van der Waals surface area contributed by atoms with Crippen LogP contribution >= 0.6 is 11.3 Å². The summed E-state index contributed by atoms with van der Waals surface area (Å²) in [5.41, 5.74) is 13.4. The SMILES string of the molecule is C/C(=N/Nc1nc(-c2ccccc2)cs1)c1ccc(N)cc1. The molecule has 0 atom stereocenters. The molecule has 110 valence electrons. The summed E-state index contributed by atoms with van der Waals surface area (Å²) < 4.78 is 0. The van der Waals surface area contributed by atoms with Crippen LogP contribution in [0.1, 0.15) is 12.5 Å². The van der Waals surface area contributed by atoms with Crippen LogP contribution < -0.4 is 11.2 Å². The highest BCUT2D eigenvalue weighted by Gasteiger charge is 2.03. The Kier molecular flexibility index (Phi) is 4.16. The molecule has 5 heteroatoms. The lowest BCUT2D eigenvalue weighted by molar-refractivity contribution is 1.27. The monoisotopic (exact) mass is 308 g/mol. The number of hydrogen-bond acceptors (Lipinski definition) is 5. The molecular weight excluding hydrogens is 292 g/mol. The second-order valence-corrected chi connectivity index (χ2v) is 5.69. The summed E-state index contributed by atoms with van der Waals surface area (Å²) in [5, 5.41) is 7.17. The van der Waals surface area contributed by atoms with E-state index in [0.717, 1.165) is 33.4 Å². The van der Waals surface area contributed by atoms with Crippen LogP contribution in [0.25, 0.3) is 11.3 Å². The zero-order valence-corrected chi connectivity index (χ0v) is 13.0. The Morgan fingerprint density at radius 2 is 1.82 bits per heavy atom. The minimum atomic E-state index is 0.747. The first-order chi connectivity index (χ1) is 10.7. The zero-order valence-electron chi connectivity index (χ0n) is 12.2. The van der Waals surface area contributed by atoms with E-state index in [2.05, 4.69) is 15.5 Å². The Balaban J connectivity index is 1.73. The van der Waals surface area contributed by atoms with Gasteiger partial charge in [-0.3, -0.25) is 5.43 Å². The molecule has 3 aromatic rings. The summed E-state index contributed by atoms with van der Waals surface area (Å²) in [5.74, 6) is 0. The number of anilines is 2. The van der Waals surface area contributed by atoms with Crippen LogP contribution in [-0.4, -0.2) is 10.7 Å². The smallest absolute Gasteiger partial charge is 0.203 e. The van der Waals surface area contributed by atoms with Gasteiger partial charge in [0.15, 0.2) is 0 Å². The predicted octanol–water partition coefficient (Wildman–Crippen LogP) is 4.23. The molecule has 0 saturated heterocycles. The van der Waals surface area contributed by atoms with Crippen molar-refractivity contribution in [1.29, 1.82) is 0 Å². The third-order valence-electron chi connectivity index (χ3n) is 3.22. The van der Waals surface area contributed by atoms with E-state index in [1.807, 2.05) is 66.9 Å². The van der Waals surface area contributed by atoms with Gasteiger partial charge in [0, 0.05) is 16.6 Å². The van der Waals surface area contributed by atoms with Gasteiger partial charge in [0.2, 0.25) is 5.13 Å². The van der Waals surface area contributed by atoms with Gasteiger partial charge in [-0.25, -0.2) is 4.98 Å². The lowest BCUT2D eigenvalue weighted by atomic mass is 10.1. The molecule has 0 aliphatic carbocycles. The lowest BCUT2D eigenvalue weighted by Crippen LogP contribution is -1.99. The highest BCUT2D eigenvalue weighted by molar-refractivity contribution is 7.14. The second kappa shape index (κ2) is 6.41. The number of nitrogens with zero attached hydrogens (tertiary/aromatic N) is 2. The summed E-state index contributed by atoms with van der Waals surface area (Å²) >= 11 is 1.53. The Hall–Kier alpha value is -2.66. The van der Waals surface area contributed by atoms with E-state index >= 15 is 0 Å². The van der Waals surface area contributed by atoms with Gasteiger partial charge in [-0.15, -0.1) is 11.3 Å². The van der Waals surface area contributed by atoms with Crippen molar-refractivity contribution in [3.8, 4) is 11.3 Å². The molecule has 0 bridgehead atoms. The average Bonchev–Trinajstić information content (AvgIpc) is 3.03. The third kappa shape index (κ3) is 3.32. The number of benzene rings is 2. The van der Waals surface area contributed by atoms with Crippen molar-refractivity contribution in [2.24, 2.45) is 5.10 Å². The first kappa shape index (κ1) is 14.3. The fourth-order valence-corrected chi connectivity index (χ4v) is 2.65. The summed E-state index contributed by atoms with van der Waals surface area (Å²) in [6, 6.07) is 17.7. The van der Waals surface area contributed by atoms with Gasteiger partial charge in [0.25, 0.3) is 0 Å². The van der Waals surface area contributed by atoms with Crippen LogP contribution in [0.15, 0.2) is 65.1 Å². The Labute approximate surface area is 133 Å². The van der Waals surface area contributed by atoms with Crippen molar-refractivity contribution in [3.63, 3.8) is 0 Å². The first-order valence-corrected chi connectivity index (χ1v) is 7.77. The normalized spacial score (nSPS) is 11.4. The van der Waals surface area contributed by atoms with E-state index in [1.165, 1.54) is 11.3 Å².